The summed E-state index contributed by atoms with van der Waals surface area (Å²) in [7, 11) is 0. The van der Waals surface area contributed by atoms with Crippen LogP contribution < -0.4 is 5.73 Å². The summed E-state index contributed by atoms with van der Waals surface area (Å²) in [6, 6.07) is 10.0. The van der Waals surface area contributed by atoms with Crippen LogP contribution >= 0.6 is 15.9 Å². The molecule has 3 aromatic rings. The third-order valence-electron chi connectivity index (χ3n) is 2.86. The van der Waals surface area contributed by atoms with Crippen molar-refractivity contribution in [3.8, 4) is 11.3 Å². The quantitative estimate of drug-likeness (QED) is 0.745. The van der Waals surface area contributed by atoms with Gasteiger partial charge in [-0.05, 0) is 30.7 Å². The number of fused-ring (bicyclic) bond motifs is 1. The van der Waals surface area contributed by atoms with Gasteiger partial charge in [-0.25, -0.2) is 4.98 Å². The molecule has 0 amide bonds. The van der Waals surface area contributed by atoms with Gasteiger partial charge in [-0.2, -0.15) is 0 Å². The molecule has 18 heavy (non-hydrogen) atoms. The molecule has 0 aliphatic heterocycles. The van der Waals surface area contributed by atoms with Crippen molar-refractivity contribution < 1.29 is 0 Å². The van der Waals surface area contributed by atoms with Crippen LogP contribution in [-0.4, -0.2) is 9.38 Å². The highest BCUT2D eigenvalue weighted by atomic mass is 79.9. The number of pyridine rings is 1. The van der Waals surface area contributed by atoms with Crippen LogP contribution in [0.4, 0.5) is 5.69 Å². The van der Waals surface area contributed by atoms with Gasteiger partial charge in [-0.3, -0.25) is 0 Å². The number of hydrogen-bond acceptors (Lipinski definition) is 2. The molecule has 0 bridgehead atoms. The summed E-state index contributed by atoms with van der Waals surface area (Å²) in [5.41, 5.74) is 10.6. The van der Waals surface area contributed by atoms with E-state index in [1.807, 2.05) is 54.0 Å². The van der Waals surface area contributed by atoms with Gasteiger partial charge in [0, 0.05) is 22.4 Å². The summed E-state index contributed by atoms with van der Waals surface area (Å²) in [5, 5.41) is 0. The van der Waals surface area contributed by atoms with Crippen LogP contribution in [0.3, 0.4) is 0 Å². The largest absolute Gasteiger partial charge is 0.396 e. The van der Waals surface area contributed by atoms with E-state index < -0.39 is 0 Å². The lowest BCUT2D eigenvalue weighted by atomic mass is 10.2. The van der Waals surface area contributed by atoms with E-state index in [0.29, 0.717) is 5.69 Å². The van der Waals surface area contributed by atoms with E-state index in [4.69, 9.17) is 5.73 Å². The normalized spacial score (nSPS) is 11.0. The van der Waals surface area contributed by atoms with Gasteiger partial charge in [0.2, 0.25) is 0 Å². The van der Waals surface area contributed by atoms with E-state index in [9.17, 15) is 0 Å². The van der Waals surface area contributed by atoms with Gasteiger partial charge >= 0.3 is 0 Å². The van der Waals surface area contributed by atoms with Gasteiger partial charge in [-0.1, -0.05) is 28.1 Å². The lowest BCUT2D eigenvalue weighted by molar-refractivity contribution is 1.16. The molecule has 1 aromatic carbocycles. The predicted octanol–water partition coefficient (Wildman–Crippen LogP) is 3.65. The third kappa shape index (κ3) is 1.88. The SMILES string of the molecule is Cc1cc(N)c2nc(-c3ccc(Br)cc3)cn2c1. The van der Waals surface area contributed by atoms with Crippen molar-refractivity contribution in [2.24, 2.45) is 0 Å². The van der Waals surface area contributed by atoms with Crippen molar-refractivity contribution in [3.63, 3.8) is 0 Å². The molecule has 0 fully saturated rings. The zero-order valence-electron chi connectivity index (χ0n) is 9.89. The maximum absolute atomic E-state index is 5.98. The first-order valence-corrected chi connectivity index (χ1v) is 6.43. The van der Waals surface area contributed by atoms with Crippen LogP contribution in [0.1, 0.15) is 5.56 Å². The average molecular weight is 302 g/mol. The number of rotatable bonds is 1. The molecule has 0 aliphatic rings. The Kier molecular flexibility index (Phi) is 2.59. The number of nitrogens with zero attached hydrogens (tertiary/aromatic N) is 2. The highest BCUT2D eigenvalue weighted by Crippen LogP contribution is 2.24. The monoisotopic (exact) mass is 301 g/mol. The summed E-state index contributed by atoms with van der Waals surface area (Å²) >= 11 is 3.43. The minimum absolute atomic E-state index is 0.707. The van der Waals surface area contributed by atoms with Crippen LogP contribution in [-0.2, 0) is 0 Å². The maximum atomic E-state index is 5.98. The minimum atomic E-state index is 0.707. The van der Waals surface area contributed by atoms with Crippen molar-refractivity contribution in [1.29, 1.82) is 0 Å². The number of halogens is 1. The molecule has 2 heterocycles. The molecule has 4 heteroatoms. The molecule has 2 aromatic heterocycles. The van der Waals surface area contributed by atoms with Gasteiger partial charge < -0.3 is 10.1 Å². The summed E-state index contributed by atoms with van der Waals surface area (Å²) in [6.07, 6.45) is 4.03. The molecular formula is C14H12BrN3. The fourth-order valence-electron chi connectivity index (χ4n) is 2.03. The second-order valence-electron chi connectivity index (χ2n) is 4.34. The Labute approximate surface area is 113 Å². The second-order valence-corrected chi connectivity index (χ2v) is 5.25. The Morgan fingerprint density at radius 1 is 1.17 bits per heavy atom. The molecule has 90 valence electrons. The number of anilines is 1. The topological polar surface area (TPSA) is 43.3 Å². The van der Waals surface area contributed by atoms with E-state index >= 15 is 0 Å². The number of hydrogen-bond donors (Lipinski definition) is 1. The Morgan fingerprint density at radius 3 is 2.61 bits per heavy atom. The lowest BCUT2D eigenvalue weighted by Gasteiger charge is -1.98. The highest BCUT2D eigenvalue weighted by Gasteiger charge is 2.07. The average Bonchev–Trinajstić information content (AvgIpc) is 2.74. The van der Waals surface area contributed by atoms with Crippen molar-refractivity contribution in [2.45, 2.75) is 6.92 Å². The smallest absolute Gasteiger partial charge is 0.160 e. The number of imidazole rings is 1. The zero-order chi connectivity index (χ0) is 12.7. The third-order valence-corrected chi connectivity index (χ3v) is 3.39. The summed E-state index contributed by atoms with van der Waals surface area (Å²) in [5.74, 6) is 0. The Balaban J connectivity index is 2.19. The molecule has 0 saturated carbocycles. The van der Waals surface area contributed by atoms with Crippen LogP contribution in [0.25, 0.3) is 16.9 Å². The van der Waals surface area contributed by atoms with Gasteiger partial charge in [-0.15, -0.1) is 0 Å². The van der Waals surface area contributed by atoms with E-state index in [1.54, 1.807) is 0 Å². The predicted molar refractivity (Wildman–Crippen MR) is 77.5 cm³/mol. The summed E-state index contributed by atoms with van der Waals surface area (Å²) < 4.78 is 3.03. The Bertz CT molecular complexity index is 714. The van der Waals surface area contributed by atoms with E-state index in [1.165, 1.54) is 0 Å². The van der Waals surface area contributed by atoms with Crippen LogP contribution in [0, 0.1) is 6.92 Å². The highest BCUT2D eigenvalue weighted by molar-refractivity contribution is 9.10. The van der Waals surface area contributed by atoms with Crippen molar-refractivity contribution in [3.05, 3.63) is 52.8 Å². The van der Waals surface area contributed by atoms with Gasteiger partial charge in [0.1, 0.15) is 0 Å². The molecule has 3 nitrogen and oxygen atoms in total. The fourth-order valence-corrected chi connectivity index (χ4v) is 2.30. The molecule has 0 spiro atoms. The molecule has 0 atom stereocenters. The van der Waals surface area contributed by atoms with Crippen LogP contribution in [0.15, 0.2) is 47.2 Å². The first-order valence-electron chi connectivity index (χ1n) is 5.64. The number of aromatic nitrogens is 2. The van der Waals surface area contributed by atoms with Crippen LogP contribution in [0.5, 0.6) is 0 Å². The van der Waals surface area contributed by atoms with Crippen molar-refractivity contribution >= 4 is 27.3 Å². The number of benzene rings is 1. The molecule has 3 rings (SSSR count). The molecule has 0 saturated heterocycles. The van der Waals surface area contributed by atoms with Crippen molar-refractivity contribution in [2.75, 3.05) is 5.73 Å². The first-order chi connectivity index (χ1) is 8.63. The molecule has 0 radical (unpaired) electrons. The van der Waals surface area contributed by atoms with Gasteiger partial charge in [0.15, 0.2) is 5.65 Å². The van der Waals surface area contributed by atoms with Crippen LogP contribution in [0.2, 0.25) is 0 Å². The number of aryl methyl sites for hydroxylation is 1. The zero-order valence-corrected chi connectivity index (χ0v) is 11.5. The molecule has 0 aliphatic carbocycles. The number of nitrogen functional groups attached to an aromatic ring is 1. The fraction of sp³-hybridized carbons (Fsp3) is 0.0714. The lowest BCUT2D eigenvalue weighted by Crippen LogP contribution is -1.93. The Morgan fingerprint density at radius 2 is 1.89 bits per heavy atom. The first kappa shape index (κ1) is 11.3. The van der Waals surface area contributed by atoms with E-state index in [0.717, 1.165) is 26.9 Å². The standard InChI is InChI=1S/C14H12BrN3/c1-9-6-12(16)14-17-13(8-18(14)7-9)10-2-4-11(15)5-3-10/h2-8H,16H2,1H3. The second kappa shape index (κ2) is 4.14. The molecule has 2 N–H and O–H groups in total. The van der Waals surface area contributed by atoms with Crippen molar-refractivity contribution in [1.82, 2.24) is 9.38 Å². The summed E-state index contributed by atoms with van der Waals surface area (Å²) in [4.78, 5) is 4.58. The summed E-state index contributed by atoms with van der Waals surface area (Å²) in [6.45, 7) is 2.02. The van der Waals surface area contributed by atoms with Gasteiger partial charge in [0.05, 0.1) is 11.4 Å². The minimum Gasteiger partial charge on any atom is -0.396 e. The van der Waals surface area contributed by atoms with Gasteiger partial charge in [0.25, 0.3) is 0 Å². The molecule has 0 unspecified atom stereocenters. The van der Waals surface area contributed by atoms with E-state index in [-0.39, 0.29) is 0 Å². The van der Waals surface area contributed by atoms with E-state index in [2.05, 4.69) is 20.9 Å². The molecular weight excluding hydrogens is 290 g/mol. The maximum Gasteiger partial charge on any atom is 0.160 e. The Hall–Kier alpha value is -1.81. The number of nitrogens with two attached hydrogens (primary N) is 1.